The Morgan fingerprint density at radius 3 is 1.38 bits per heavy atom. The molecule has 11 aromatic rings. The van der Waals surface area contributed by atoms with Gasteiger partial charge in [-0.2, -0.15) is 0 Å². The summed E-state index contributed by atoms with van der Waals surface area (Å²) in [5, 5.41) is 10.7. The van der Waals surface area contributed by atoms with Gasteiger partial charge in [0, 0.05) is 28.3 Å². The summed E-state index contributed by atoms with van der Waals surface area (Å²) in [6.07, 6.45) is 1.82. The third-order valence-electron chi connectivity index (χ3n) is 10.9. The molecule has 4 nitrogen and oxygen atoms in total. The van der Waals surface area contributed by atoms with Crippen LogP contribution in [-0.2, 0) is 0 Å². The van der Waals surface area contributed by atoms with Gasteiger partial charge >= 0.3 is 0 Å². The van der Waals surface area contributed by atoms with Gasteiger partial charge in [-0.05, 0) is 120 Å². The summed E-state index contributed by atoms with van der Waals surface area (Å²) in [4.78, 5) is 20.2. The fourth-order valence-corrected chi connectivity index (χ4v) is 8.14. The summed E-state index contributed by atoms with van der Waals surface area (Å²) < 4.78 is 0. The molecule has 0 aliphatic carbocycles. The van der Waals surface area contributed by atoms with E-state index in [-0.39, 0.29) is 0 Å². The first kappa shape index (κ1) is 31.9. The lowest BCUT2D eigenvalue weighted by Crippen LogP contribution is -2.01. The van der Waals surface area contributed by atoms with Crippen molar-refractivity contribution in [3.8, 4) is 56.4 Å². The van der Waals surface area contributed by atoms with Crippen LogP contribution < -0.4 is 0 Å². The zero-order valence-corrected chi connectivity index (χ0v) is 30.3. The third kappa shape index (κ3) is 5.55. The number of pyridine rings is 1. The summed E-state index contributed by atoms with van der Waals surface area (Å²) in [7, 11) is 0. The summed E-state index contributed by atoms with van der Waals surface area (Å²) >= 11 is 0. The Morgan fingerprint density at radius 2 is 0.750 bits per heavy atom. The molecule has 0 N–H and O–H groups in total. The lowest BCUT2D eigenvalue weighted by molar-refractivity contribution is 1.08. The normalized spacial score (nSPS) is 11.6. The molecule has 0 saturated heterocycles. The number of nitrogens with zero attached hydrogens (tertiary/aromatic N) is 4. The maximum absolute atomic E-state index is 5.28. The van der Waals surface area contributed by atoms with Crippen molar-refractivity contribution in [2.24, 2.45) is 0 Å². The van der Waals surface area contributed by atoms with Crippen molar-refractivity contribution in [1.82, 2.24) is 19.9 Å². The van der Waals surface area contributed by atoms with E-state index in [9.17, 15) is 0 Å². The van der Waals surface area contributed by atoms with E-state index >= 15 is 0 Å². The predicted molar refractivity (Wildman–Crippen MR) is 232 cm³/mol. The van der Waals surface area contributed by atoms with E-state index in [0.29, 0.717) is 17.5 Å². The molecular weight excluding hydrogens is 681 g/mol. The molecule has 0 spiro atoms. The van der Waals surface area contributed by atoms with Crippen LogP contribution in [0.1, 0.15) is 0 Å². The number of fused-ring (bicyclic) bond motifs is 5. The van der Waals surface area contributed by atoms with E-state index in [1.165, 1.54) is 43.1 Å². The van der Waals surface area contributed by atoms with E-state index in [1.807, 2.05) is 42.6 Å². The van der Waals surface area contributed by atoms with Gasteiger partial charge in [-0.15, -0.1) is 0 Å². The maximum Gasteiger partial charge on any atom is 0.164 e. The van der Waals surface area contributed by atoms with E-state index in [4.69, 9.17) is 15.0 Å². The van der Waals surface area contributed by atoms with Gasteiger partial charge in [-0.3, -0.25) is 4.98 Å². The van der Waals surface area contributed by atoms with Crippen molar-refractivity contribution >= 4 is 54.0 Å². The van der Waals surface area contributed by atoms with E-state index in [1.54, 1.807) is 0 Å². The van der Waals surface area contributed by atoms with Gasteiger partial charge in [0.25, 0.3) is 0 Å². The van der Waals surface area contributed by atoms with Crippen LogP contribution in [-0.4, -0.2) is 19.9 Å². The van der Waals surface area contributed by atoms with Crippen molar-refractivity contribution in [3.05, 3.63) is 194 Å². The molecule has 0 aliphatic heterocycles. The highest BCUT2D eigenvalue weighted by Gasteiger charge is 2.18. The standard InChI is InChI=1S/C52H32N4/c1-2-12-33(13-3-1)50-54-51(56-52(55-50)46-22-10-24-49-45(46)23-11-25-53-49)42-29-40(43-20-8-18-38-26-34-14-4-6-16-36(34)31-47(38)43)28-41(30-42)44-21-9-19-39-27-35-15-5-7-17-37(35)32-48(39)44/h1-32H. The minimum absolute atomic E-state index is 0.604. The maximum atomic E-state index is 5.28. The number of aromatic nitrogens is 4. The molecule has 2 aromatic heterocycles. The van der Waals surface area contributed by atoms with Crippen LogP contribution in [0.5, 0.6) is 0 Å². The van der Waals surface area contributed by atoms with Gasteiger partial charge < -0.3 is 0 Å². The quantitative estimate of drug-likeness (QED) is 0.167. The fourth-order valence-electron chi connectivity index (χ4n) is 8.14. The number of hydrogen-bond donors (Lipinski definition) is 0. The van der Waals surface area contributed by atoms with Crippen molar-refractivity contribution in [3.63, 3.8) is 0 Å². The highest BCUT2D eigenvalue weighted by Crippen LogP contribution is 2.40. The summed E-state index contributed by atoms with van der Waals surface area (Å²) in [6, 6.07) is 66.7. The Balaban J connectivity index is 1.20. The molecule has 0 aliphatic rings. The Bertz CT molecular complexity index is 3170. The summed E-state index contributed by atoms with van der Waals surface area (Å²) in [5.41, 5.74) is 8.13. The molecule has 2 heterocycles. The second-order valence-corrected chi connectivity index (χ2v) is 14.3. The average molecular weight is 713 g/mol. The van der Waals surface area contributed by atoms with Crippen LogP contribution in [0.25, 0.3) is 110 Å². The minimum atomic E-state index is 0.604. The summed E-state index contributed by atoms with van der Waals surface area (Å²) in [5.74, 6) is 1.83. The van der Waals surface area contributed by atoms with Crippen LogP contribution in [0, 0.1) is 0 Å². The number of hydrogen-bond acceptors (Lipinski definition) is 4. The Morgan fingerprint density at radius 1 is 0.268 bits per heavy atom. The molecule has 0 saturated carbocycles. The predicted octanol–water partition coefficient (Wildman–Crippen LogP) is 13.4. The van der Waals surface area contributed by atoms with Gasteiger partial charge in [0.2, 0.25) is 0 Å². The van der Waals surface area contributed by atoms with Gasteiger partial charge in [-0.25, -0.2) is 15.0 Å². The van der Waals surface area contributed by atoms with E-state index in [2.05, 4.69) is 157 Å². The lowest BCUT2D eigenvalue weighted by atomic mass is 9.90. The summed E-state index contributed by atoms with van der Waals surface area (Å²) in [6.45, 7) is 0. The second kappa shape index (κ2) is 13.1. The zero-order valence-electron chi connectivity index (χ0n) is 30.3. The van der Waals surface area contributed by atoms with Crippen molar-refractivity contribution < 1.29 is 0 Å². The Kier molecular flexibility index (Phi) is 7.46. The molecule has 0 atom stereocenters. The molecule has 260 valence electrons. The van der Waals surface area contributed by atoms with Gasteiger partial charge in [-0.1, -0.05) is 133 Å². The average Bonchev–Trinajstić information content (AvgIpc) is 3.27. The highest BCUT2D eigenvalue weighted by atomic mass is 15.0. The largest absolute Gasteiger partial charge is 0.256 e. The Hall–Kier alpha value is -7.56. The van der Waals surface area contributed by atoms with Crippen LogP contribution >= 0.6 is 0 Å². The molecule has 11 rings (SSSR count). The van der Waals surface area contributed by atoms with E-state index < -0.39 is 0 Å². The molecular formula is C52H32N4. The molecule has 0 fully saturated rings. The zero-order chi connectivity index (χ0) is 37.0. The molecule has 0 amide bonds. The molecule has 9 aromatic carbocycles. The molecule has 4 heteroatoms. The minimum Gasteiger partial charge on any atom is -0.256 e. The van der Waals surface area contributed by atoms with Gasteiger partial charge in [0.15, 0.2) is 17.5 Å². The molecule has 56 heavy (non-hydrogen) atoms. The van der Waals surface area contributed by atoms with Crippen molar-refractivity contribution in [2.45, 2.75) is 0 Å². The lowest BCUT2D eigenvalue weighted by Gasteiger charge is -2.15. The van der Waals surface area contributed by atoms with E-state index in [0.717, 1.165) is 49.8 Å². The number of rotatable bonds is 5. The highest BCUT2D eigenvalue weighted by molar-refractivity contribution is 6.08. The Labute approximate surface area is 323 Å². The van der Waals surface area contributed by atoms with Crippen molar-refractivity contribution in [2.75, 3.05) is 0 Å². The smallest absolute Gasteiger partial charge is 0.164 e. The molecule has 0 radical (unpaired) electrons. The van der Waals surface area contributed by atoms with Crippen LogP contribution in [0.4, 0.5) is 0 Å². The van der Waals surface area contributed by atoms with Crippen LogP contribution in [0.3, 0.4) is 0 Å². The monoisotopic (exact) mass is 712 g/mol. The second-order valence-electron chi connectivity index (χ2n) is 14.3. The molecule has 0 unspecified atom stereocenters. The fraction of sp³-hybridized carbons (Fsp3) is 0. The van der Waals surface area contributed by atoms with Crippen LogP contribution in [0.2, 0.25) is 0 Å². The van der Waals surface area contributed by atoms with Gasteiger partial charge in [0.1, 0.15) is 0 Å². The molecule has 0 bridgehead atoms. The topological polar surface area (TPSA) is 51.6 Å². The first-order chi connectivity index (χ1) is 27.7. The van der Waals surface area contributed by atoms with Crippen LogP contribution in [0.15, 0.2) is 194 Å². The van der Waals surface area contributed by atoms with Gasteiger partial charge in [0.05, 0.1) is 5.52 Å². The SMILES string of the molecule is c1ccc(-c2nc(-c3cc(-c4cccc5cc6ccccc6cc45)cc(-c4cccc5cc6ccccc6cc45)c3)nc(-c3cccc4ncccc34)n2)cc1. The van der Waals surface area contributed by atoms with Crippen molar-refractivity contribution in [1.29, 1.82) is 0 Å². The first-order valence-electron chi connectivity index (χ1n) is 18.9. The number of benzene rings is 9. The third-order valence-corrected chi connectivity index (χ3v) is 10.9. The first-order valence-corrected chi connectivity index (χ1v) is 18.9.